The standard InChI is InChI=1S/C38H69NO2/c1-2-3-4-5-6-7-8-9-10-11-12-13-14-15-16-17-18-19-20-21-22-23-24-25-26-27-28-35-39-38(41)34-31-36-29-32-37(40)33-30-36/h29-30,32-33,40H,2-28,31,34-35H2,1H3,(H,39,41). The van der Waals surface area contributed by atoms with Gasteiger partial charge in [-0.15, -0.1) is 0 Å². The lowest BCUT2D eigenvalue weighted by atomic mass is 10.0. The molecule has 0 bridgehead atoms. The Hall–Kier alpha value is -1.51. The number of benzene rings is 1. The third-order valence-corrected chi connectivity index (χ3v) is 8.68. The Labute approximate surface area is 256 Å². The van der Waals surface area contributed by atoms with Crippen molar-refractivity contribution in [1.82, 2.24) is 5.32 Å². The highest BCUT2D eigenvalue weighted by Crippen LogP contribution is 2.16. The predicted octanol–water partition coefficient (Wildman–Crippen LogP) is 12.0. The molecule has 0 aliphatic rings. The number of unbranched alkanes of at least 4 members (excludes halogenated alkanes) is 26. The number of aryl methyl sites for hydroxylation is 1. The minimum Gasteiger partial charge on any atom is -0.508 e. The molecule has 0 aromatic heterocycles. The van der Waals surface area contributed by atoms with Gasteiger partial charge in [0.15, 0.2) is 0 Å². The minimum atomic E-state index is 0.132. The summed E-state index contributed by atoms with van der Waals surface area (Å²) in [6.45, 7) is 3.10. The number of phenols is 1. The van der Waals surface area contributed by atoms with E-state index in [4.69, 9.17) is 0 Å². The van der Waals surface area contributed by atoms with Gasteiger partial charge in [0.2, 0.25) is 5.91 Å². The second-order valence-electron chi connectivity index (χ2n) is 12.7. The summed E-state index contributed by atoms with van der Waals surface area (Å²) in [5, 5.41) is 12.4. The van der Waals surface area contributed by atoms with Crippen molar-refractivity contribution in [1.29, 1.82) is 0 Å². The molecule has 1 rings (SSSR count). The van der Waals surface area contributed by atoms with Gasteiger partial charge < -0.3 is 10.4 Å². The molecule has 0 aliphatic carbocycles. The van der Waals surface area contributed by atoms with E-state index in [0.717, 1.165) is 24.9 Å². The summed E-state index contributed by atoms with van der Waals surface area (Å²) in [6.07, 6.45) is 39.5. The first kappa shape index (κ1) is 37.5. The Morgan fingerprint density at radius 2 is 0.829 bits per heavy atom. The van der Waals surface area contributed by atoms with Crippen LogP contribution in [0.1, 0.15) is 192 Å². The number of carbonyl (C=O) groups excluding carboxylic acids is 1. The maximum atomic E-state index is 12.0. The van der Waals surface area contributed by atoms with Gasteiger partial charge in [-0.2, -0.15) is 0 Å². The monoisotopic (exact) mass is 572 g/mol. The number of carbonyl (C=O) groups is 1. The summed E-state index contributed by atoms with van der Waals surface area (Å²) >= 11 is 0. The Kier molecular flexibility index (Phi) is 27.4. The molecular weight excluding hydrogens is 502 g/mol. The zero-order chi connectivity index (χ0) is 29.5. The Morgan fingerprint density at radius 1 is 0.512 bits per heavy atom. The van der Waals surface area contributed by atoms with Gasteiger partial charge in [0.05, 0.1) is 0 Å². The summed E-state index contributed by atoms with van der Waals surface area (Å²) in [5.41, 5.74) is 1.09. The van der Waals surface area contributed by atoms with Crippen molar-refractivity contribution in [2.24, 2.45) is 0 Å². The van der Waals surface area contributed by atoms with Gasteiger partial charge in [0, 0.05) is 13.0 Å². The summed E-state index contributed by atoms with van der Waals surface area (Å²) in [5.74, 6) is 0.405. The molecule has 3 heteroatoms. The van der Waals surface area contributed by atoms with Gasteiger partial charge in [-0.1, -0.05) is 186 Å². The molecule has 0 saturated heterocycles. The number of rotatable bonds is 31. The van der Waals surface area contributed by atoms with Crippen LogP contribution in [0.25, 0.3) is 0 Å². The number of amides is 1. The van der Waals surface area contributed by atoms with E-state index in [1.165, 1.54) is 167 Å². The molecule has 0 heterocycles. The van der Waals surface area contributed by atoms with Crippen LogP contribution in [0.4, 0.5) is 0 Å². The number of hydrogen-bond donors (Lipinski definition) is 2. The fourth-order valence-corrected chi connectivity index (χ4v) is 5.85. The number of aromatic hydroxyl groups is 1. The lowest BCUT2D eigenvalue weighted by Crippen LogP contribution is -2.24. The maximum absolute atomic E-state index is 12.0. The highest BCUT2D eigenvalue weighted by Gasteiger charge is 2.02. The van der Waals surface area contributed by atoms with Gasteiger partial charge in [-0.3, -0.25) is 4.79 Å². The molecule has 3 nitrogen and oxygen atoms in total. The lowest BCUT2D eigenvalue weighted by Gasteiger charge is -2.06. The first-order valence-corrected chi connectivity index (χ1v) is 18.3. The van der Waals surface area contributed by atoms with Crippen molar-refractivity contribution in [2.75, 3.05) is 6.54 Å². The first-order chi connectivity index (χ1) is 20.2. The van der Waals surface area contributed by atoms with E-state index < -0.39 is 0 Å². The van der Waals surface area contributed by atoms with Crippen LogP contribution in [0.5, 0.6) is 5.75 Å². The maximum Gasteiger partial charge on any atom is 0.220 e. The summed E-state index contributed by atoms with van der Waals surface area (Å²) in [4.78, 5) is 12.0. The van der Waals surface area contributed by atoms with Crippen molar-refractivity contribution in [3.8, 4) is 5.75 Å². The van der Waals surface area contributed by atoms with E-state index in [-0.39, 0.29) is 11.7 Å². The lowest BCUT2D eigenvalue weighted by molar-refractivity contribution is -0.121. The Balaban J connectivity index is 1.67. The van der Waals surface area contributed by atoms with Crippen molar-refractivity contribution in [3.63, 3.8) is 0 Å². The summed E-state index contributed by atoms with van der Waals surface area (Å²) in [7, 11) is 0. The molecule has 1 amide bonds. The SMILES string of the molecule is CCCCCCCCCCCCCCCCCCCCCCCCCCCCCNC(=O)CCc1ccc(O)cc1. The van der Waals surface area contributed by atoms with Crippen molar-refractivity contribution >= 4 is 5.91 Å². The molecule has 0 saturated carbocycles. The van der Waals surface area contributed by atoms with Crippen LogP contribution in [0.3, 0.4) is 0 Å². The predicted molar refractivity (Wildman–Crippen MR) is 180 cm³/mol. The van der Waals surface area contributed by atoms with Crippen LogP contribution in [0, 0.1) is 0 Å². The molecule has 1 aromatic rings. The van der Waals surface area contributed by atoms with Gasteiger partial charge in [0.1, 0.15) is 5.75 Å². The summed E-state index contributed by atoms with van der Waals surface area (Å²) in [6, 6.07) is 7.11. The first-order valence-electron chi connectivity index (χ1n) is 18.3. The highest BCUT2D eigenvalue weighted by atomic mass is 16.3. The molecule has 0 aliphatic heterocycles. The van der Waals surface area contributed by atoms with Gasteiger partial charge in [-0.25, -0.2) is 0 Å². The zero-order valence-electron chi connectivity index (χ0n) is 27.4. The van der Waals surface area contributed by atoms with E-state index in [1.54, 1.807) is 12.1 Å². The Bertz CT molecular complexity index is 671. The molecule has 0 radical (unpaired) electrons. The van der Waals surface area contributed by atoms with Gasteiger partial charge in [-0.05, 0) is 30.5 Å². The van der Waals surface area contributed by atoms with Crippen LogP contribution >= 0.6 is 0 Å². The summed E-state index contributed by atoms with van der Waals surface area (Å²) < 4.78 is 0. The molecule has 41 heavy (non-hydrogen) atoms. The normalized spacial score (nSPS) is 11.2. The van der Waals surface area contributed by atoms with E-state index >= 15 is 0 Å². The van der Waals surface area contributed by atoms with Crippen molar-refractivity contribution in [3.05, 3.63) is 29.8 Å². The molecular formula is C38H69NO2. The van der Waals surface area contributed by atoms with E-state index in [0.29, 0.717) is 6.42 Å². The smallest absolute Gasteiger partial charge is 0.220 e. The topological polar surface area (TPSA) is 49.3 Å². The second kappa shape index (κ2) is 30.0. The molecule has 0 atom stereocenters. The van der Waals surface area contributed by atoms with Gasteiger partial charge >= 0.3 is 0 Å². The fraction of sp³-hybridized carbons (Fsp3) is 0.816. The Morgan fingerprint density at radius 3 is 1.17 bits per heavy atom. The average Bonchev–Trinajstić information content (AvgIpc) is 2.98. The average molecular weight is 572 g/mol. The van der Waals surface area contributed by atoms with Crippen LogP contribution < -0.4 is 5.32 Å². The molecule has 0 unspecified atom stereocenters. The highest BCUT2D eigenvalue weighted by molar-refractivity contribution is 5.76. The molecule has 238 valence electrons. The van der Waals surface area contributed by atoms with E-state index in [9.17, 15) is 9.90 Å². The molecule has 0 spiro atoms. The molecule has 0 fully saturated rings. The van der Waals surface area contributed by atoms with Crippen LogP contribution in [-0.2, 0) is 11.2 Å². The van der Waals surface area contributed by atoms with Gasteiger partial charge in [0.25, 0.3) is 0 Å². The number of phenolic OH excluding ortho intramolecular Hbond substituents is 1. The van der Waals surface area contributed by atoms with E-state index in [2.05, 4.69) is 12.2 Å². The molecule has 1 aromatic carbocycles. The fourth-order valence-electron chi connectivity index (χ4n) is 5.85. The van der Waals surface area contributed by atoms with E-state index in [1.807, 2.05) is 12.1 Å². The third kappa shape index (κ3) is 27.1. The number of nitrogens with one attached hydrogen (secondary N) is 1. The quantitative estimate of drug-likeness (QED) is 0.0871. The van der Waals surface area contributed by atoms with Crippen molar-refractivity contribution in [2.45, 2.75) is 193 Å². The largest absolute Gasteiger partial charge is 0.508 e. The minimum absolute atomic E-state index is 0.132. The van der Waals surface area contributed by atoms with Crippen LogP contribution in [-0.4, -0.2) is 17.6 Å². The van der Waals surface area contributed by atoms with Crippen LogP contribution in [0.2, 0.25) is 0 Å². The zero-order valence-corrected chi connectivity index (χ0v) is 27.4. The van der Waals surface area contributed by atoms with Crippen LogP contribution in [0.15, 0.2) is 24.3 Å². The molecule has 2 N–H and O–H groups in total. The van der Waals surface area contributed by atoms with Crippen molar-refractivity contribution < 1.29 is 9.90 Å². The third-order valence-electron chi connectivity index (χ3n) is 8.68. The number of hydrogen-bond acceptors (Lipinski definition) is 2. The second-order valence-corrected chi connectivity index (χ2v) is 12.7.